The minimum absolute atomic E-state index is 0.0944. The number of hydrogen-bond donors (Lipinski definition) is 1. The van der Waals surface area contributed by atoms with Gasteiger partial charge in [0.25, 0.3) is 5.91 Å². The van der Waals surface area contributed by atoms with E-state index >= 15 is 0 Å². The molecular weight excluding hydrogens is 245 g/mol. The molecule has 1 aromatic rings. The normalized spacial score (nSPS) is 22.4. The first-order valence-electron chi connectivity index (χ1n) is 6.55. The maximum Gasteiger partial charge on any atom is 0.253 e. The van der Waals surface area contributed by atoms with E-state index in [1.54, 1.807) is 17.9 Å². The number of aliphatic hydroxyl groups is 1. The number of benzene rings is 1. The zero-order chi connectivity index (χ0) is 14.2. The van der Waals surface area contributed by atoms with Crippen LogP contribution in [0.1, 0.15) is 36.2 Å². The third kappa shape index (κ3) is 2.78. The summed E-state index contributed by atoms with van der Waals surface area (Å²) < 4.78 is 13.2. The van der Waals surface area contributed by atoms with E-state index in [1.807, 2.05) is 13.8 Å². The highest BCUT2D eigenvalue weighted by Crippen LogP contribution is 2.30. The van der Waals surface area contributed by atoms with Crippen LogP contribution in [-0.4, -0.2) is 35.1 Å². The van der Waals surface area contributed by atoms with E-state index in [2.05, 4.69) is 0 Å². The van der Waals surface area contributed by atoms with E-state index in [4.69, 9.17) is 0 Å². The van der Waals surface area contributed by atoms with Gasteiger partial charge in [-0.25, -0.2) is 4.39 Å². The van der Waals surface area contributed by atoms with Gasteiger partial charge in [-0.1, -0.05) is 13.8 Å². The fourth-order valence-corrected chi connectivity index (χ4v) is 2.48. The largest absolute Gasteiger partial charge is 0.392 e. The number of piperidine rings is 1. The molecule has 19 heavy (non-hydrogen) atoms. The summed E-state index contributed by atoms with van der Waals surface area (Å²) in [4.78, 5) is 14.1. The number of nitrogens with zero attached hydrogens (tertiary/aromatic N) is 1. The van der Waals surface area contributed by atoms with Crippen LogP contribution in [0.5, 0.6) is 0 Å². The van der Waals surface area contributed by atoms with Crippen LogP contribution in [0.2, 0.25) is 0 Å². The van der Waals surface area contributed by atoms with Crippen molar-refractivity contribution in [2.45, 2.75) is 33.3 Å². The number of amides is 1. The molecule has 104 valence electrons. The van der Waals surface area contributed by atoms with Crippen LogP contribution >= 0.6 is 0 Å². The molecule has 0 saturated carbocycles. The van der Waals surface area contributed by atoms with Crippen LogP contribution < -0.4 is 0 Å². The van der Waals surface area contributed by atoms with Crippen LogP contribution in [0, 0.1) is 18.2 Å². The Kier molecular flexibility index (Phi) is 3.63. The van der Waals surface area contributed by atoms with Crippen LogP contribution in [0.4, 0.5) is 4.39 Å². The van der Waals surface area contributed by atoms with Crippen LogP contribution in [0.3, 0.4) is 0 Å². The minimum atomic E-state index is -0.383. The highest BCUT2D eigenvalue weighted by molar-refractivity contribution is 5.94. The van der Waals surface area contributed by atoms with Crippen molar-refractivity contribution in [1.29, 1.82) is 0 Å². The summed E-state index contributed by atoms with van der Waals surface area (Å²) >= 11 is 0. The summed E-state index contributed by atoms with van der Waals surface area (Å²) in [5, 5.41) is 9.90. The molecule has 1 unspecified atom stereocenters. The Labute approximate surface area is 113 Å². The molecule has 0 radical (unpaired) electrons. The van der Waals surface area contributed by atoms with Crippen molar-refractivity contribution in [2.24, 2.45) is 5.41 Å². The molecular formula is C15H20FNO2. The molecule has 1 atom stereocenters. The first-order chi connectivity index (χ1) is 8.81. The van der Waals surface area contributed by atoms with Gasteiger partial charge >= 0.3 is 0 Å². The van der Waals surface area contributed by atoms with E-state index < -0.39 is 0 Å². The SMILES string of the molecule is Cc1cc(C(=O)N2CCC(O)C(C)(C)C2)ccc1F. The Morgan fingerprint density at radius 2 is 2.16 bits per heavy atom. The molecule has 1 aliphatic rings. The molecule has 0 bridgehead atoms. The highest BCUT2D eigenvalue weighted by Gasteiger charge is 2.36. The molecule has 2 rings (SSSR count). The molecule has 1 saturated heterocycles. The summed E-state index contributed by atoms with van der Waals surface area (Å²) in [6, 6.07) is 4.42. The maximum absolute atomic E-state index is 13.2. The number of carbonyl (C=O) groups excluding carboxylic acids is 1. The zero-order valence-electron chi connectivity index (χ0n) is 11.6. The summed E-state index contributed by atoms with van der Waals surface area (Å²) in [6.45, 7) is 6.61. The van der Waals surface area contributed by atoms with Gasteiger partial charge in [0.05, 0.1) is 6.10 Å². The molecule has 0 spiro atoms. The Bertz CT molecular complexity index is 499. The lowest BCUT2D eigenvalue weighted by Crippen LogP contribution is -2.50. The lowest BCUT2D eigenvalue weighted by Gasteiger charge is -2.41. The summed E-state index contributed by atoms with van der Waals surface area (Å²) in [6.07, 6.45) is 0.199. The van der Waals surface area contributed by atoms with E-state index in [-0.39, 0.29) is 23.2 Å². The predicted octanol–water partition coefficient (Wildman–Crippen LogP) is 2.37. The first-order valence-corrected chi connectivity index (χ1v) is 6.55. The van der Waals surface area contributed by atoms with Crippen molar-refractivity contribution < 1.29 is 14.3 Å². The fraction of sp³-hybridized carbons (Fsp3) is 0.533. The van der Waals surface area contributed by atoms with Crippen LogP contribution in [0.25, 0.3) is 0 Å². The molecule has 1 fully saturated rings. The number of aliphatic hydroxyl groups excluding tert-OH is 1. The quantitative estimate of drug-likeness (QED) is 0.847. The summed E-state index contributed by atoms with van der Waals surface area (Å²) in [5.41, 5.74) is 0.677. The Hall–Kier alpha value is -1.42. The smallest absolute Gasteiger partial charge is 0.253 e. The second-order valence-electron chi connectivity index (χ2n) is 5.98. The topological polar surface area (TPSA) is 40.5 Å². The van der Waals surface area contributed by atoms with Crippen LogP contribution in [-0.2, 0) is 0 Å². The van der Waals surface area contributed by atoms with Crippen molar-refractivity contribution in [3.05, 3.63) is 35.1 Å². The van der Waals surface area contributed by atoms with Gasteiger partial charge < -0.3 is 10.0 Å². The fourth-order valence-electron chi connectivity index (χ4n) is 2.48. The predicted molar refractivity (Wildman–Crippen MR) is 71.4 cm³/mol. The standard InChI is InChI=1S/C15H20FNO2/c1-10-8-11(4-5-12(10)16)14(19)17-7-6-13(18)15(2,3)9-17/h4-5,8,13,18H,6-7,9H2,1-3H3. The van der Waals surface area contributed by atoms with Gasteiger partial charge in [0.15, 0.2) is 0 Å². The van der Waals surface area contributed by atoms with E-state index in [1.165, 1.54) is 12.1 Å². The monoisotopic (exact) mass is 265 g/mol. The third-order valence-electron chi connectivity index (χ3n) is 3.87. The van der Waals surface area contributed by atoms with E-state index in [9.17, 15) is 14.3 Å². The molecule has 4 heteroatoms. The van der Waals surface area contributed by atoms with Gasteiger partial charge in [0.2, 0.25) is 0 Å². The highest BCUT2D eigenvalue weighted by atomic mass is 19.1. The van der Waals surface area contributed by atoms with E-state index in [0.717, 1.165) is 0 Å². The molecule has 1 amide bonds. The van der Waals surface area contributed by atoms with Crippen molar-refractivity contribution in [1.82, 2.24) is 4.90 Å². The molecule has 3 nitrogen and oxygen atoms in total. The number of aryl methyl sites for hydroxylation is 1. The van der Waals surface area contributed by atoms with Gasteiger partial charge in [-0.15, -0.1) is 0 Å². The number of carbonyl (C=O) groups is 1. The summed E-state index contributed by atoms with van der Waals surface area (Å²) in [7, 11) is 0. The number of rotatable bonds is 1. The minimum Gasteiger partial charge on any atom is -0.392 e. The van der Waals surface area contributed by atoms with Crippen molar-refractivity contribution >= 4 is 5.91 Å². The van der Waals surface area contributed by atoms with Gasteiger partial charge in [0.1, 0.15) is 5.82 Å². The maximum atomic E-state index is 13.2. The van der Waals surface area contributed by atoms with Crippen molar-refractivity contribution in [2.75, 3.05) is 13.1 Å². The first kappa shape index (κ1) is 14.0. The molecule has 1 N–H and O–H groups in total. The third-order valence-corrected chi connectivity index (χ3v) is 3.87. The Morgan fingerprint density at radius 1 is 1.47 bits per heavy atom. The Morgan fingerprint density at radius 3 is 2.74 bits per heavy atom. The average molecular weight is 265 g/mol. The number of likely N-dealkylation sites (tertiary alicyclic amines) is 1. The second kappa shape index (κ2) is 4.93. The molecule has 1 aliphatic heterocycles. The van der Waals surface area contributed by atoms with E-state index in [0.29, 0.717) is 30.6 Å². The second-order valence-corrected chi connectivity index (χ2v) is 5.98. The molecule has 0 aliphatic carbocycles. The molecule has 1 heterocycles. The van der Waals surface area contributed by atoms with Crippen molar-refractivity contribution in [3.8, 4) is 0 Å². The van der Waals surface area contributed by atoms with Crippen molar-refractivity contribution in [3.63, 3.8) is 0 Å². The zero-order valence-corrected chi connectivity index (χ0v) is 11.6. The number of halogens is 1. The molecule has 0 aromatic heterocycles. The summed E-state index contributed by atoms with van der Waals surface area (Å²) in [5.74, 6) is -0.394. The van der Waals surface area contributed by atoms with Gasteiger partial charge in [-0.3, -0.25) is 4.79 Å². The lowest BCUT2D eigenvalue weighted by atomic mass is 9.81. The number of hydrogen-bond acceptors (Lipinski definition) is 2. The van der Waals surface area contributed by atoms with Gasteiger partial charge in [-0.05, 0) is 37.1 Å². The average Bonchev–Trinajstić information content (AvgIpc) is 2.35. The van der Waals surface area contributed by atoms with Gasteiger partial charge in [0, 0.05) is 24.1 Å². The lowest BCUT2D eigenvalue weighted by molar-refractivity contribution is -0.0182. The molecule has 1 aromatic carbocycles. The Balaban J connectivity index is 2.18. The van der Waals surface area contributed by atoms with Crippen LogP contribution in [0.15, 0.2) is 18.2 Å². The van der Waals surface area contributed by atoms with Gasteiger partial charge in [-0.2, -0.15) is 0 Å².